The molecule has 4 heteroatoms. The summed E-state index contributed by atoms with van der Waals surface area (Å²) in [7, 11) is 0. The molecule has 2 aromatic rings. The van der Waals surface area contributed by atoms with Crippen molar-refractivity contribution in [3.05, 3.63) is 53.4 Å². The molecule has 0 aliphatic rings. The van der Waals surface area contributed by atoms with E-state index < -0.39 is 5.82 Å². The van der Waals surface area contributed by atoms with Crippen LogP contribution in [0, 0.1) is 5.82 Å². The quantitative estimate of drug-likeness (QED) is 0.698. The minimum absolute atomic E-state index is 0.251. The zero-order chi connectivity index (χ0) is 10.8. The number of hydrogen-bond acceptors (Lipinski definition) is 2. The molecule has 0 fully saturated rings. The number of rotatable bonds is 2. The maximum absolute atomic E-state index is 12.9. The molecule has 15 heavy (non-hydrogen) atoms. The highest BCUT2D eigenvalue weighted by atomic mass is 19.1. The van der Waals surface area contributed by atoms with E-state index in [9.17, 15) is 9.18 Å². The Kier molecular flexibility index (Phi) is 2.33. The molecule has 0 spiro atoms. The summed E-state index contributed by atoms with van der Waals surface area (Å²) >= 11 is 0. The Labute approximate surface area is 85.5 Å². The molecule has 0 N–H and O–H groups in total. The molecule has 0 unspecified atom stereocenters. The Balaban J connectivity index is 2.76. The number of fused-ring (bicyclic) bond motifs is 1. The lowest BCUT2D eigenvalue weighted by Crippen LogP contribution is -2.19. The molecular formula is C11H9FN2O. The van der Waals surface area contributed by atoms with E-state index in [4.69, 9.17) is 0 Å². The van der Waals surface area contributed by atoms with Gasteiger partial charge in [0, 0.05) is 6.54 Å². The van der Waals surface area contributed by atoms with Gasteiger partial charge in [-0.25, -0.2) is 9.37 Å². The first-order valence-corrected chi connectivity index (χ1v) is 4.48. The van der Waals surface area contributed by atoms with E-state index in [-0.39, 0.29) is 5.56 Å². The van der Waals surface area contributed by atoms with Gasteiger partial charge in [0.15, 0.2) is 0 Å². The van der Waals surface area contributed by atoms with E-state index in [0.717, 1.165) is 0 Å². The highest BCUT2D eigenvalue weighted by Gasteiger charge is 2.03. The van der Waals surface area contributed by atoms with Crippen LogP contribution in [0.1, 0.15) is 0 Å². The predicted molar refractivity (Wildman–Crippen MR) is 56.2 cm³/mol. The van der Waals surface area contributed by atoms with Crippen LogP contribution in [0.2, 0.25) is 0 Å². The molecule has 1 aromatic carbocycles. The Bertz CT molecular complexity index is 574. The van der Waals surface area contributed by atoms with Crippen LogP contribution in [0.3, 0.4) is 0 Å². The fourth-order valence-corrected chi connectivity index (χ4v) is 1.40. The SMILES string of the molecule is C=CCn1cnc2ccc(F)cc2c1=O. The van der Waals surface area contributed by atoms with E-state index in [1.54, 1.807) is 6.08 Å². The van der Waals surface area contributed by atoms with Crippen molar-refractivity contribution in [2.45, 2.75) is 6.54 Å². The molecule has 0 aliphatic carbocycles. The second kappa shape index (κ2) is 3.65. The number of nitrogens with zero attached hydrogens (tertiary/aromatic N) is 2. The Morgan fingerprint density at radius 1 is 1.53 bits per heavy atom. The summed E-state index contributed by atoms with van der Waals surface area (Å²) in [6.45, 7) is 3.91. The van der Waals surface area contributed by atoms with Crippen LogP contribution in [0.25, 0.3) is 10.9 Å². The maximum atomic E-state index is 12.9. The van der Waals surface area contributed by atoms with Crippen molar-refractivity contribution in [1.82, 2.24) is 9.55 Å². The molecule has 0 saturated heterocycles. The molecule has 1 heterocycles. The smallest absolute Gasteiger partial charge is 0.261 e. The first-order valence-electron chi connectivity index (χ1n) is 4.48. The van der Waals surface area contributed by atoms with Crippen LogP contribution in [0.4, 0.5) is 4.39 Å². The first-order chi connectivity index (χ1) is 7.22. The van der Waals surface area contributed by atoms with Crippen LogP contribution in [0.5, 0.6) is 0 Å². The zero-order valence-electron chi connectivity index (χ0n) is 7.98. The molecule has 76 valence electrons. The van der Waals surface area contributed by atoms with Crippen molar-refractivity contribution in [1.29, 1.82) is 0 Å². The third kappa shape index (κ3) is 1.66. The van der Waals surface area contributed by atoms with Gasteiger partial charge in [0.05, 0.1) is 17.2 Å². The van der Waals surface area contributed by atoms with Crippen LogP contribution in [0.15, 0.2) is 42.0 Å². The van der Waals surface area contributed by atoms with Gasteiger partial charge < -0.3 is 0 Å². The van der Waals surface area contributed by atoms with Crippen LogP contribution in [-0.2, 0) is 6.54 Å². The van der Waals surface area contributed by atoms with Crippen LogP contribution < -0.4 is 5.56 Å². The summed E-state index contributed by atoms with van der Waals surface area (Å²) in [5.74, 6) is -0.433. The van der Waals surface area contributed by atoms with E-state index in [2.05, 4.69) is 11.6 Å². The summed E-state index contributed by atoms with van der Waals surface area (Å²) in [5, 5.41) is 0.291. The summed E-state index contributed by atoms with van der Waals surface area (Å²) < 4.78 is 14.3. The lowest BCUT2D eigenvalue weighted by atomic mass is 10.2. The number of hydrogen-bond donors (Lipinski definition) is 0. The van der Waals surface area contributed by atoms with Gasteiger partial charge in [-0.2, -0.15) is 0 Å². The standard InChI is InChI=1S/C11H9FN2O/c1-2-5-14-7-13-10-4-3-8(12)6-9(10)11(14)15/h2-4,6-7H,1,5H2. The molecule has 1 aromatic heterocycles. The molecule has 3 nitrogen and oxygen atoms in total. The van der Waals surface area contributed by atoms with Crippen LogP contribution >= 0.6 is 0 Å². The molecule has 2 rings (SSSR count). The molecular weight excluding hydrogens is 195 g/mol. The van der Waals surface area contributed by atoms with Gasteiger partial charge >= 0.3 is 0 Å². The highest BCUT2D eigenvalue weighted by molar-refractivity contribution is 5.77. The lowest BCUT2D eigenvalue weighted by Gasteiger charge is -2.02. The van der Waals surface area contributed by atoms with E-state index in [1.807, 2.05) is 0 Å². The van der Waals surface area contributed by atoms with Crippen molar-refractivity contribution in [2.75, 3.05) is 0 Å². The highest BCUT2D eigenvalue weighted by Crippen LogP contribution is 2.08. The second-order valence-corrected chi connectivity index (χ2v) is 3.15. The van der Waals surface area contributed by atoms with Gasteiger partial charge in [-0.1, -0.05) is 6.08 Å². The molecule has 0 radical (unpaired) electrons. The maximum Gasteiger partial charge on any atom is 0.261 e. The molecule has 0 amide bonds. The molecule has 0 aliphatic heterocycles. The Hall–Kier alpha value is -1.97. The third-order valence-corrected chi connectivity index (χ3v) is 2.11. The second-order valence-electron chi connectivity index (χ2n) is 3.15. The molecule has 0 bridgehead atoms. The van der Waals surface area contributed by atoms with Crippen molar-refractivity contribution < 1.29 is 4.39 Å². The fraction of sp³-hybridized carbons (Fsp3) is 0.0909. The van der Waals surface area contributed by atoms with Gasteiger partial charge in [0.1, 0.15) is 5.82 Å². The zero-order valence-corrected chi connectivity index (χ0v) is 7.98. The molecule has 0 saturated carbocycles. The summed E-state index contributed by atoms with van der Waals surface area (Å²) in [6, 6.07) is 3.97. The lowest BCUT2D eigenvalue weighted by molar-refractivity contribution is 0.629. The van der Waals surface area contributed by atoms with E-state index in [1.165, 1.54) is 29.1 Å². The Morgan fingerprint density at radius 2 is 2.33 bits per heavy atom. The number of allylic oxidation sites excluding steroid dienone is 1. The van der Waals surface area contributed by atoms with E-state index >= 15 is 0 Å². The average Bonchev–Trinajstić information content (AvgIpc) is 2.23. The van der Waals surface area contributed by atoms with Crippen molar-refractivity contribution in [2.24, 2.45) is 0 Å². The van der Waals surface area contributed by atoms with Gasteiger partial charge in [-0.15, -0.1) is 6.58 Å². The van der Waals surface area contributed by atoms with Gasteiger partial charge in [-0.3, -0.25) is 9.36 Å². The van der Waals surface area contributed by atoms with Gasteiger partial charge in [0.25, 0.3) is 5.56 Å². The summed E-state index contributed by atoms with van der Waals surface area (Å²) in [4.78, 5) is 15.8. The van der Waals surface area contributed by atoms with E-state index in [0.29, 0.717) is 17.4 Å². The van der Waals surface area contributed by atoms with Crippen molar-refractivity contribution in [3.63, 3.8) is 0 Å². The minimum Gasteiger partial charge on any atom is -0.295 e. The number of aromatic nitrogens is 2. The summed E-state index contributed by atoms with van der Waals surface area (Å²) in [6.07, 6.45) is 3.03. The topological polar surface area (TPSA) is 34.9 Å². The fourth-order valence-electron chi connectivity index (χ4n) is 1.40. The molecule has 0 atom stereocenters. The van der Waals surface area contributed by atoms with Crippen LogP contribution in [-0.4, -0.2) is 9.55 Å². The van der Waals surface area contributed by atoms with Gasteiger partial charge in [-0.05, 0) is 18.2 Å². The summed E-state index contributed by atoms with van der Waals surface area (Å²) in [5.41, 5.74) is 0.251. The van der Waals surface area contributed by atoms with Crippen molar-refractivity contribution in [3.8, 4) is 0 Å². The first kappa shape index (κ1) is 9.58. The third-order valence-electron chi connectivity index (χ3n) is 2.11. The number of benzene rings is 1. The van der Waals surface area contributed by atoms with Gasteiger partial charge in [0.2, 0.25) is 0 Å². The predicted octanol–water partition coefficient (Wildman–Crippen LogP) is 1.72. The number of halogens is 1. The average molecular weight is 204 g/mol. The van der Waals surface area contributed by atoms with Crippen molar-refractivity contribution >= 4 is 10.9 Å². The minimum atomic E-state index is -0.433. The Morgan fingerprint density at radius 3 is 3.07 bits per heavy atom. The monoisotopic (exact) mass is 204 g/mol. The normalized spacial score (nSPS) is 10.5. The largest absolute Gasteiger partial charge is 0.295 e.